The van der Waals surface area contributed by atoms with Crippen LogP contribution in [0.2, 0.25) is 5.15 Å². The van der Waals surface area contributed by atoms with Crippen LogP contribution in [0.4, 0.5) is 0 Å². The Kier molecular flexibility index (Phi) is 4.43. The standard InChI is InChI=1S/C15H23ClN2O2/c1-4-15(3,5-2)18-13(19)11(10-8-6-7-9-10)12(16)17-14(18)20/h10H,4-9H2,1-3H3,(H,17,20). The van der Waals surface area contributed by atoms with Crippen molar-refractivity contribution in [3.8, 4) is 0 Å². The van der Waals surface area contributed by atoms with E-state index in [0.717, 1.165) is 38.5 Å². The molecule has 1 aliphatic carbocycles. The molecule has 0 radical (unpaired) electrons. The van der Waals surface area contributed by atoms with Gasteiger partial charge in [0.2, 0.25) is 0 Å². The molecule has 2 rings (SSSR count). The fourth-order valence-electron chi connectivity index (χ4n) is 3.15. The molecule has 0 saturated heterocycles. The summed E-state index contributed by atoms with van der Waals surface area (Å²) in [7, 11) is 0. The van der Waals surface area contributed by atoms with Crippen LogP contribution < -0.4 is 11.2 Å². The first-order valence-electron chi connectivity index (χ1n) is 7.49. The molecule has 1 saturated carbocycles. The Morgan fingerprint density at radius 3 is 2.30 bits per heavy atom. The molecule has 1 aliphatic rings. The molecule has 4 nitrogen and oxygen atoms in total. The monoisotopic (exact) mass is 298 g/mol. The Morgan fingerprint density at radius 2 is 1.80 bits per heavy atom. The third kappa shape index (κ3) is 2.46. The molecule has 0 aromatic carbocycles. The Bertz CT molecular complexity index is 593. The van der Waals surface area contributed by atoms with Crippen LogP contribution in [0.15, 0.2) is 9.59 Å². The van der Waals surface area contributed by atoms with E-state index in [1.807, 2.05) is 20.8 Å². The summed E-state index contributed by atoms with van der Waals surface area (Å²) in [6.07, 6.45) is 5.68. The van der Waals surface area contributed by atoms with E-state index in [1.54, 1.807) is 0 Å². The van der Waals surface area contributed by atoms with Gasteiger partial charge < -0.3 is 0 Å². The van der Waals surface area contributed by atoms with Gasteiger partial charge in [-0.15, -0.1) is 0 Å². The Labute approximate surface area is 124 Å². The number of hydrogen-bond acceptors (Lipinski definition) is 2. The molecule has 0 unspecified atom stereocenters. The van der Waals surface area contributed by atoms with Crippen molar-refractivity contribution in [2.24, 2.45) is 0 Å². The van der Waals surface area contributed by atoms with Gasteiger partial charge in [0, 0.05) is 5.54 Å². The summed E-state index contributed by atoms with van der Waals surface area (Å²) >= 11 is 6.15. The first-order valence-corrected chi connectivity index (χ1v) is 7.87. The molecule has 1 fully saturated rings. The lowest BCUT2D eigenvalue weighted by molar-refractivity contribution is 0.271. The number of aromatic nitrogens is 2. The molecule has 0 amide bonds. The van der Waals surface area contributed by atoms with E-state index in [-0.39, 0.29) is 16.6 Å². The van der Waals surface area contributed by atoms with Gasteiger partial charge in [-0.3, -0.25) is 14.3 Å². The van der Waals surface area contributed by atoms with E-state index in [1.165, 1.54) is 4.57 Å². The average molecular weight is 299 g/mol. The van der Waals surface area contributed by atoms with Crippen molar-refractivity contribution in [3.05, 3.63) is 31.6 Å². The summed E-state index contributed by atoms with van der Waals surface area (Å²) in [5.41, 5.74) is -0.440. The van der Waals surface area contributed by atoms with Crippen molar-refractivity contribution < 1.29 is 0 Å². The summed E-state index contributed by atoms with van der Waals surface area (Å²) in [5.74, 6) is 0.191. The molecule has 1 aromatic heterocycles. The Hall–Kier alpha value is -1.03. The quantitative estimate of drug-likeness (QED) is 0.866. The molecule has 0 aliphatic heterocycles. The fourth-order valence-corrected chi connectivity index (χ4v) is 3.46. The van der Waals surface area contributed by atoms with E-state index in [0.29, 0.717) is 5.56 Å². The summed E-state index contributed by atoms with van der Waals surface area (Å²) < 4.78 is 1.38. The minimum Gasteiger partial charge on any atom is -0.297 e. The number of aromatic amines is 1. The molecule has 20 heavy (non-hydrogen) atoms. The maximum atomic E-state index is 12.8. The molecular weight excluding hydrogens is 276 g/mol. The second-order valence-corrected chi connectivity index (χ2v) is 6.36. The summed E-state index contributed by atoms with van der Waals surface area (Å²) in [5, 5.41) is 0.234. The summed E-state index contributed by atoms with van der Waals surface area (Å²) in [6, 6.07) is 0. The van der Waals surface area contributed by atoms with Gasteiger partial charge in [0.05, 0.1) is 5.56 Å². The largest absolute Gasteiger partial charge is 0.330 e. The van der Waals surface area contributed by atoms with E-state index in [4.69, 9.17) is 11.6 Å². The van der Waals surface area contributed by atoms with Crippen LogP contribution in [0, 0.1) is 0 Å². The number of H-pyrrole nitrogens is 1. The van der Waals surface area contributed by atoms with Gasteiger partial charge in [0.15, 0.2) is 0 Å². The van der Waals surface area contributed by atoms with Gasteiger partial charge in [-0.2, -0.15) is 0 Å². The Morgan fingerprint density at radius 1 is 1.25 bits per heavy atom. The lowest BCUT2D eigenvalue weighted by Gasteiger charge is -2.29. The summed E-state index contributed by atoms with van der Waals surface area (Å²) in [6.45, 7) is 5.95. The lowest BCUT2D eigenvalue weighted by Crippen LogP contribution is -2.48. The average Bonchev–Trinajstić information content (AvgIpc) is 2.91. The predicted molar refractivity (Wildman–Crippen MR) is 81.8 cm³/mol. The van der Waals surface area contributed by atoms with Crippen molar-refractivity contribution in [3.63, 3.8) is 0 Å². The molecule has 1 aromatic rings. The highest BCUT2D eigenvalue weighted by Crippen LogP contribution is 2.35. The minimum absolute atomic E-state index is 0.191. The number of halogens is 1. The fraction of sp³-hybridized carbons (Fsp3) is 0.733. The summed E-state index contributed by atoms with van der Waals surface area (Å²) in [4.78, 5) is 27.7. The van der Waals surface area contributed by atoms with Crippen molar-refractivity contribution in [2.45, 2.75) is 70.8 Å². The van der Waals surface area contributed by atoms with Crippen LogP contribution in [0.3, 0.4) is 0 Å². The van der Waals surface area contributed by atoms with Gasteiger partial charge in [-0.25, -0.2) is 4.79 Å². The van der Waals surface area contributed by atoms with Crippen LogP contribution in [-0.2, 0) is 5.54 Å². The maximum Gasteiger partial charge on any atom is 0.330 e. The highest BCUT2D eigenvalue weighted by atomic mass is 35.5. The number of rotatable bonds is 4. The van der Waals surface area contributed by atoms with Crippen LogP contribution in [0.25, 0.3) is 0 Å². The van der Waals surface area contributed by atoms with E-state index >= 15 is 0 Å². The van der Waals surface area contributed by atoms with Crippen molar-refractivity contribution in [2.75, 3.05) is 0 Å². The molecular formula is C15H23ClN2O2. The van der Waals surface area contributed by atoms with Gasteiger partial charge >= 0.3 is 5.69 Å². The molecule has 0 atom stereocenters. The van der Waals surface area contributed by atoms with Crippen LogP contribution >= 0.6 is 11.6 Å². The smallest absolute Gasteiger partial charge is 0.297 e. The SMILES string of the molecule is CCC(C)(CC)n1c(=O)[nH]c(Cl)c(C2CCCC2)c1=O. The van der Waals surface area contributed by atoms with Gasteiger partial charge in [-0.1, -0.05) is 38.3 Å². The first-order chi connectivity index (χ1) is 9.44. The van der Waals surface area contributed by atoms with Crippen LogP contribution in [-0.4, -0.2) is 9.55 Å². The zero-order valence-corrected chi connectivity index (χ0v) is 13.2. The Balaban J connectivity index is 2.67. The molecule has 1 N–H and O–H groups in total. The molecule has 1 heterocycles. The molecule has 0 spiro atoms. The van der Waals surface area contributed by atoms with E-state index in [9.17, 15) is 9.59 Å². The lowest BCUT2D eigenvalue weighted by atomic mass is 9.94. The number of nitrogens with zero attached hydrogens (tertiary/aromatic N) is 1. The number of hydrogen-bond donors (Lipinski definition) is 1. The van der Waals surface area contributed by atoms with Gasteiger partial charge in [0.25, 0.3) is 5.56 Å². The zero-order chi connectivity index (χ0) is 14.9. The van der Waals surface area contributed by atoms with E-state index < -0.39 is 11.2 Å². The highest BCUT2D eigenvalue weighted by molar-refractivity contribution is 6.30. The molecule has 112 valence electrons. The number of nitrogens with one attached hydrogen (secondary N) is 1. The van der Waals surface area contributed by atoms with Crippen molar-refractivity contribution in [1.82, 2.24) is 9.55 Å². The minimum atomic E-state index is -0.456. The van der Waals surface area contributed by atoms with Crippen LogP contribution in [0.5, 0.6) is 0 Å². The zero-order valence-electron chi connectivity index (χ0n) is 12.5. The van der Waals surface area contributed by atoms with Gasteiger partial charge in [0.1, 0.15) is 5.15 Å². The second-order valence-electron chi connectivity index (χ2n) is 5.98. The third-order valence-electron chi connectivity index (χ3n) is 4.92. The predicted octanol–water partition coefficient (Wildman–Crippen LogP) is 3.38. The van der Waals surface area contributed by atoms with Crippen molar-refractivity contribution in [1.29, 1.82) is 0 Å². The molecule has 0 bridgehead atoms. The third-order valence-corrected chi connectivity index (χ3v) is 5.21. The van der Waals surface area contributed by atoms with Crippen LogP contribution in [0.1, 0.15) is 70.8 Å². The normalized spacial score (nSPS) is 16.8. The maximum absolute atomic E-state index is 12.8. The topological polar surface area (TPSA) is 54.9 Å². The van der Waals surface area contributed by atoms with E-state index in [2.05, 4.69) is 4.98 Å². The first kappa shape index (κ1) is 15.4. The highest BCUT2D eigenvalue weighted by Gasteiger charge is 2.31. The molecule has 5 heteroatoms. The second kappa shape index (κ2) is 5.76. The van der Waals surface area contributed by atoms with Gasteiger partial charge in [-0.05, 0) is 38.5 Å². The van der Waals surface area contributed by atoms with Crippen molar-refractivity contribution >= 4 is 11.6 Å².